The van der Waals surface area contributed by atoms with Crippen LogP contribution in [-0.4, -0.2) is 43.5 Å². The molecule has 0 aliphatic rings. The summed E-state index contributed by atoms with van der Waals surface area (Å²) < 4.78 is 16.2. The Bertz CT molecular complexity index is 1190. The number of carboxylic acids is 1. The Morgan fingerprint density at radius 1 is 1.00 bits per heavy atom. The summed E-state index contributed by atoms with van der Waals surface area (Å²) in [5, 5.41) is 12.9. The third kappa shape index (κ3) is 7.46. The van der Waals surface area contributed by atoms with Gasteiger partial charge in [0.2, 0.25) is 0 Å². The fraction of sp³-hybridized carbons (Fsp3) is 0.148. The molecular weight excluding hydrogens is 448 g/mol. The van der Waals surface area contributed by atoms with Crippen molar-refractivity contribution in [3.63, 3.8) is 0 Å². The molecule has 8 heteroatoms. The summed E-state index contributed by atoms with van der Waals surface area (Å²) in [5.41, 5.74) is 5.87. The first kappa shape index (κ1) is 25.0. The van der Waals surface area contributed by atoms with E-state index in [4.69, 9.17) is 19.3 Å². The number of benzene rings is 3. The summed E-state index contributed by atoms with van der Waals surface area (Å²) in [6, 6.07) is 20.8. The third-order valence-electron chi connectivity index (χ3n) is 4.81. The van der Waals surface area contributed by atoms with Crippen LogP contribution in [0.1, 0.15) is 11.1 Å². The molecule has 0 aromatic heterocycles. The van der Waals surface area contributed by atoms with E-state index in [-0.39, 0.29) is 6.61 Å². The van der Waals surface area contributed by atoms with Gasteiger partial charge in [0.25, 0.3) is 5.91 Å². The van der Waals surface area contributed by atoms with Gasteiger partial charge in [-0.25, -0.2) is 10.2 Å². The molecule has 35 heavy (non-hydrogen) atoms. The van der Waals surface area contributed by atoms with E-state index in [0.29, 0.717) is 34.8 Å². The van der Waals surface area contributed by atoms with Crippen LogP contribution in [0.15, 0.2) is 84.5 Å². The molecule has 0 radical (unpaired) electrons. The van der Waals surface area contributed by atoms with E-state index in [1.165, 1.54) is 13.3 Å². The number of hydrogen-bond acceptors (Lipinski definition) is 6. The zero-order valence-corrected chi connectivity index (χ0v) is 19.3. The topological polar surface area (TPSA) is 106 Å². The van der Waals surface area contributed by atoms with Gasteiger partial charge >= 0.3 is 5.97 Å². The Labute approximate surface area is 203 Å². The molecule has 0 unspecified atom stereocenters. The highest BCUT2D eigenvalue weighted by Crippen LogP contribution is 2.33. The number of hydrazone groups is 1. The minimum Gasteiger partial charge on any atom is -0.493 e. The number of carbonyl (C=O) groups is 2. The molecule has 3 aromatic carbocycles. The Hall–Kier alpha value is -4.59. The fourth-order valence-electron chi connectivity index (χ4n) is 3.25. The largest absolute Gasteiger partial charge is 0.493 e. The molecule has 0 aliphatic heterocycles. The second-order valence-electron chi connectivity index (χ2n) is 7.36. The standard InChI is InChI=1S/C27H26N2O6/c1-3-7-22-14-19(15-24(33-2)27(22)35-18-26(31)32)16-28-29-25(30)17-34-23-12-10-21(11-13-23)20-8-5-4-6-9-20/h3-6,8-16H,1,7,17-18H2,2H3,(H,29,30)(H,31,32)/b28-16+. The van der Waals surface area contributed by atoms with E-state index in [9.17, 15) is 9.59 Å². The van der Waals surface area contributed by atoms with Gasteiger partial charge in [-0.3, -0.25) is 4.79 Å². The Balaban J connectivity index is 1.58. The molecule has 0 saturated heterocycles. The molecule has 0 bridgehead atoms. The summed E-state index contributed by atoms with van der Waals surface area (Å²) in [7, 11) is 1.45. The van der Waals surface area contributed by atoms with Gasteiger partial charge in [-0.2, -0.15) is 5.10 Å². The molecule has 0 heterocycles. The summed E-state index contributed by atoms with van der Waals surface area (Å²) >= 11 is 0. The van der Waals surface area contributed by atoms with E-state index < -0.39 is 18.5 Å². The molecule has 0 spiro atoms. The molecule has 0 fully saturated rings. The maximum Gasteiger partial charge on any atom is 0.341 e. The average Bonchev–Trinajstić information content (AvgIpc) is 2.87. The number of nitrogens with zero attached hydrogens (tertiary/aromatic N) is 1. The van der Waals surface area contributed by atoms with Crippen molar-refractivity contribution >= 4 is 18.1 Å². The van der Waals surface area contributed by atoms with Gasteiger partial charge in [-0.05, 0) is 47.4 Å². The maximum absolute atomic E-state index is 12.1. The van der Waals surface area contributed by atoms with Crippen LogP contribution in [0, 0.1) is 0 Å². The van der Waals surface area contributed by atoms with Crippen molar-refractivity contribution in [2.24, 2.45) is 5.10 Å². The van der Waals surface area contributed by atoms with Crippen LogP contribution in [0.5, 0.6) is 17.2 Å². The fourth-order valence-corrected chi connectivity index (χ4v) is 3.25. The highest BCUT2D eigenvalue weighted by molar-refractivity contribution is 5.84. The Morgan fingerprint density at radius 2 is 1.71 bits per heavy atom. The molecule has 180 valence electrons. The highest BCUT2D eigenvalue weighted by atomic mass is 16.5. The van der Waals surface area contributed by atoms with Gasteiger partial charge in [-0.1, -0.05) is 48.5 Å². The number of ether oxygens (including phenoxy) is 3. The Morgan fingerprint density at radius 3 is 2.37 bits per heavy atom. The van der Waals surface area contributed by atoms with Crippen molar-refractivity contribution in [2.45, 2.75) is 6.42 Å². The molecule has 0 saturated carbocycles. The summed E-state index contributed by atoms with van der Waals surface area (Å²) in [4.78, 5) is 23.0. The smallest absolute Gasteiger partial charge is 0.341 e. The average molecular weight is 475 g/mol. The van der Waals surface area contributed by atoms with Crippen LogP contribution in [0.3, 0.4) is 0 Å². The van der Waals surface area contributed by atoms with Crippen molar-refractivity contribution in [3.8, 4) is 28.4 Å². The van der Waals surface area contributed by atoms with E-state index in [1.807, 2.05) is 42.5 Å². The van der Waals surface area contributed by atoms with Crippen LogP contribution in [0.25, 0.3) is 11.1 Å². The van der Waals surface area contributed by atoms with Gasteiger partial charge in [0.1, 0.15) is 5.75 Å². The van der Waals surface area contributed by atoms with Crippen LogP contribution in [-0.2, 0) is 16.0 Å². The molecule has 3 aromatic rings. The highest BCUT2D eigenvalue weighted by Gasteiger charge is 2.14. The molecule has 3 rings (SSSR count). The minimum absolute atomic E-state index is 0.199. The summed E-state index contributed by atoms with van der Waals surface area (Å²) in [6.07, 6.45) is 3.54. The number of carbonyl (C=O) groups excluding carboxylic acids is 1. The second kappa shape index (κ2) is 12.6. The zero-order valence-electron chi connectivity index (χ0n) is 19.3. The monoisotopic (exact) mass is 474 g/mol. The lowest BCUT2D eigenvalue weighted by Crippen LogP contribution is -2.24. The van der Waals surface area contributed by atoms with Crippen molar-refractivity contribution in [1.29, 1.82) is 0 Å². The summed E-state index contributed by atoms with van der Waals surface area (Å²) in [6.45, 7) is 3.01. The van der Waals surface area contributed by atoms with Crippen LogP contribution < -0.4 is 19.6 Å². The van der Waals surface area contributed by atoms with Gasteiger partial charge in [0.05, 0.1) is 13.3 Å². The summed E-state index contributed by atoms with van der Waals surface area (Å²) in [5.74, 6) is -0.282. The second-order valence-corrected chi connectivity index (χ2v) is 7.36. The van der Waals surface area contributed by atoms with E-state index >= 15 is 0 Å². The van der Waals surface area contributed by atoms with Crippen LogP contribution in [0.4, 0.5) is 0 Å². The first-order chi connectivity index (χ1) is 17.0. The number of rotatable bonds is 12. The van der Waals surface area contributed by atoms with Crippen LogP contribution in [0.2, 0.25) is 0 Å². The molecule has 0 atom stereocenters. The van der Waals surface area contributed by atoms with Gasteiger partial charge in [-0.15, -0.1) is 6.58 Å². The molecule has 8 nitrogen and oxygen atoms in total. The third-order valence-corrected chi connectivity index (χ3v) is 4.81. The van der Waals surface area contributed by atoms with E-state index in [2.05, 4.69) is 17.1 Å². The van der Waals surface area contributed by atoms with Gasteiger partial charge in [0.15, 0.2) is 24.7 Å². The van der Waals surface area contributed by atoms with Crippen molar-refractivity contribution in [3.05, 3.63) is 90.5 Å². The number of nitrogens with one attached hydrogen (secondary N) is 1. The van der Waals surface area contributed by atoms with Crippen molar-refractivity contribution < 1.29 is 28.9 Å². The van der Waals surface area contributed by atoms with Gasteiger partial charge in [0, 0.05) is 5.56 Å². The van der Waals surface area contributed by atoms with Crippen LogP contribution >= 0.6 is 0 Å². The number of allylic oxidation sites excluding steroid dienone is 1. The lowest BCUT2D eigenvalue weighted by Gasteiger charge is -2.14. The Kier molecular flexibility index (Phi) is 9.01. The molecule has 0 aliphatic carbocycles. The number of amides is 1. The number of hydrogen-bond donors (Lipinski definition) is 2. The predicted octanol–water partition coefficient (Wildman–Crippen LogP) is 4.08. The lowest BCUT2D eigenvalue weighted by molar-refractivity contribution is -0.139. The molecule has 1 amide bonds. The lowest BCUT2D eigenvalue weighted by atomic mass is 10.1. The minimum atomic E-state index is -1.10. The number of carboxylic acid groups (broad SMARTS) is 1. The predicted molar refractivity (Wildman–Crippen MR) is 133 cm³/mol. The molecule has 2 N–H and O–H groups in total. The number of aliphatic carboxylic acids is 1. The van der Waals surface area contributed by atoms with Crippen molar-refractivity contribution in [2.75, 3.05) is 20.3 Å². The van der Waals surface area contributed by atoms with Crippen molar-refractivity contribution in [1.82, 2.24) is 5.43 Å². The van der Waals surface area contributed by atoms with E-state index in [0.717, 1.165) is 11.1 Å². The number of methoxy groups -OCH3 is 1. The molecular formula is C27H26N2O6. The first-order valence-corrected chi connectivity index (χ1v) is 10.8. The zero-order chi connectivity index (χ0) is 25.0. The van der Waals surface area contributed by atoms with Gasteiger partial charge < -0.3 is 19.3 Å². The maximum atomic E-state index is 12.1. The normalized spacial score (nSPS) is 10.5. The quantitative estimate of drug-likeness (QED) is 0.233. The van der Waals surface area contributed by atoms with E-state index in [1.54, 1.807) is 30.3 Å². The SMILES string of the molecule is C=CCc1cc(/C=N/NC(=O)COc2ccc(-c3ccccc3)cc2)cc(OC)c1OCC(=O)O. The first-order valence-electron chi connectivity index (χ1n) is 10.8.